The van der Waals surface area contributed by atoms with E-state index >= 15 is 0 Å². The molecule has 1 nitrogen and oxygen atoms in total. The molecule has 0 aromatic rings. The van der Waals surface area contributed by atoms with Crippen LogP contribution in [0, 0.1) is 0 Å². The summed E-state index contributed by atoms with van der Waals surface area (Å²) in [5, 5.41) is 0. The largest absolute Gasteiger partial charge is 0.256 e. The average Bonchev–Trinajstić information content (AvgIpc) is 2.55. The van der Waals surface area contributed by atoms with Crippen molar-refractivity contribution in [1.29, 1.82) is 0 Å². The Morgan fingerprint density at radius 1 is 1.18 bits per heavy atom. The SMILES string of the molecule is C1CCC2=C(C1)CNS2.CC. The van der Waals surface area contributed by atoms with E-state index in [-0.39, 0.29) is 0 Å². The zero-order chi connectivity index (χ0) is 8.10. The Kier molecular flexibility index (Phi) is 4.02. The van der Waals surface area contributed by atoms with Crippen LogP contribution in [0.1, 0.15) is 39.5 Å². The second-order valence-corrected chi connectivity index (χ2v) is 3.64. The van der Waals surface area contributed by atoms with Gasteiger partial charge in [0.25, 0.3) is 0 Å². The molecule has 1 aliphatic heterocycles. The van der Waals surface area contributed by atoms with E-state index in [2.05, 4.69) is 4.72 Å². The average molecular weight is 171 g/mol. The predicted octanol–water partition coefficient (Wildman–Crippen LogP) is 3.09. The van der Waals surface area contributed by atoms with Gasteiger partial charge in [0.15, 0.2) is 0 Å². The lowest BCUT2D eigenvalue weighted by atomic mass is 10.00. The molecule has 2 aliphatic rings. The van der Waals surface area contributed by atoms with Crippen molar-refractivity contribution in [2.24, 2.45) is 0 Å². The first-order valence-corrected chi connectivity index (χ1v) is 5.39. The molecular weight excluding hydrogens is 154 g/mol. The highest BCUT2D eigenvalue weighted by Crippen LogP contribution is 2.34. The van der Waals surface area contributed by atoms with Gasteiger partial charge in [-0.3, -0.25) is 4.72 Å². The maximum Gasteiger partial charge on any atom is 0.0283 e. The lowest BCUT2D eigenvalue weighted by Gasteiger charge is -2.10. The van der Waals surface area contributed by atoms with Crippen LogP contribution < -0.4 is 4.72 Å². The quantitative estimate of drug-likeness (QED) is 0.562. The summed E-state index contributed by atoms with van der Waals surface area (Å²) in [4.78, 5) is 1.64. The van der Waals surface area contributed by atoms with E-state index in [0.29, 0.717) is 0 Å². The van der Waals surface area contributed by atoms with Gasteiger partial charge in [-0.05, 0) is 43.2 Å². The summed E-state index contributed by atoms with van der Waals surface area (Å²) in [5.41, 5.74) is 1.69. The van der Waals surface area contributed by atoms with Gasteiger partial charge in [0.1, 0.15) is 0 Å². The maximum atomic E-state index is 3.31. The lowest BCUT2D eigenvalue weighted by Crippen LogP contribution is -2.00. The number of hydrogen-bond acceptors (Lipinski definition) is 2. The Balaban J connectivity index is 0.000000281. The Bertz CT molecular complexity index is 136. The molecular formula is C9H17NS. The predicted molar refractivity (Wildman–Crippen MR) is 52.4 cm³/mol. The van der Waals surface area contributed by atoms with Crippen molar-refractivity contribution in [3.05, 3.63) is 10.5 Å². The number of nitrogens with one attached hydrogen (secondary N) is 1. The molecule has 0 saturated heterocycles. The minimum absolute atomic E-state index is 1.15. The minimum atomic E-state index is 1.15. The van der Waals surface area contributed by atoms with Crippen LogP contribution in [0.5, 0.6) is 0 Å². The summed E-state index contributed by atoms with van der Waals surface area (Å²) < 4.78 is 3.31. The molecule has 1 heterocycles. The third-order valence-electron chi connectivity index (χ3n) is 2.01. The van der Waals surface area contributed by atoms with E-state index in [9.17, 15) is 0 Å². The van der Waals surface area contributed by atoms with E-state index in [1.54, 1.807) is 10.5 Å². The summed E-state index contributed by atoms with van der Waals surface area (Å²) >= 11 is 1.86. The van der Waals surface area contributed by atoms with Crippen LogP contribution in [0.4, 0.5) is 0 Å². The molecule has 0 atom stereocenters. The fourth-order valence-corrected chi connectivity index (χ4v) is 2.45. The van der Waals surface area contributed by atoms with Crippen LogP contribution in [0.25, 0.3) is 0 Å². The molecule has 0 unspecified atom stereocenters. The van der Waals surface area contributed by atoms with Crippen molar-refractivity contribution < 1.29 is 0 Å². The van der Waals surface area contributed by atoms with Gasteiger partial charge in [0.05, 0.1) is 0 Å². The van der Waals surface area contributed by atoms with E-state index in [1.165, 1.54) is 25.7 Å². The fourth-order valence-electron chi connectivity index (χ4n) is 1.46. The molecule has 0 aromatic heterocycles. The molecule has 11 heavy (non-hydrogen) atoms. The van der Waals surface area contributed by atoms with Gasteiger partial charge in [0.2, 0.25) is 0 Å². The molecule has 1 aliphatic carbocycles. The van der Waals surface area contributed by atoms with Crippen molar-refractivity contribution in [3.8, 4) is 0 Å². The molecule has 0 amide bonds. The van der Waals surface area contributed by atoms with Crippen molar-refractivity contribution >= 4 is 11.9 Å². The molecule has 0 bridgehead atoms. The van der Waals surface area contributed by atoms with Gasteiger partial charge in [0, 0.05) is 11.4 Å². The van der Waals surface area contributed by atoms with Gasteiger partial charge in [-0.1, -0.05) is 13.8 Å². The van der Waals surface area contributed by atoms with Gasteiger partial charge in [-0.2, -0.15) is 0 Å². The van der Waals surface area contributed by atoms with Crippen LogP contribution in [-0.4, -0.2) is 6.54 Å². The van der Waals surface area contributed by atoms with Crippen LogP contribution >= 0.6 is 11.9 Å². The summed E-state index contributed by atoms with van der Waals surface area (Å²) in [7, 11) is 0. The maximum absolute atomic E-state index is 3.31. The van der Waals surface area contributed by atoms with Crippen molar-refractivity contribution in [2.75, 3.05) is 6.54 Å². The van der Waals surface area contributed by atoms with E-state index < -0.39 is 0 Å². The lowest BCUT2D eigenvalue weighted by molar-refractivity contribution is 0.689. The van der Waals surface area contributed by atoms with E-state index in [1.807, 2.05) is 25.8 Å². The number of hydrogen-bond donors (Lipinski definition) is 1. The van der Waals surface area contributed by atoms with E-state index in [4.69, 9.17) is 0 Å². The molecule has 0 saturated carbocycles. The van der Waals surface area contributed by atoms with Crippen LogP contribution in [-0.2, 0) is 0 Å². The Hall–Kier alpha value is 0.0500. The van der Waals surface area contributed by atoms with Gasteiger partial charge in [-0.25, -0.2) is 0 Å². The van der Waals surface area contributed by atoms with E-state index in [0.717, 1.165) is 6.54 Å². The molecule has 0 aromatic carbocycles. The first-order valence-electron chi connectivity index (χ1n) is 4.57. The first-order chi connectivity index (χ1) is 5.47. The third-order valence-corrected chi connectivity index (χ3v) is 3.04. The van der Waals surface area contributed by atoms with Crippen molar-refractivity contribution in [3.63, 3.8) is 0 Å². The van der Waals surface area contributed by atoms with Gasteiger partial charge < -0.3 is 0 Å². The highest BCUT2D eigenvalue weighted by atomic mass is 32.2. The highest BCUT2D eigenvalue weighted by Gasteiger charge is 2.17. The smallest absolute Gasteiger partial charge is 0.0283 e. The topological polar surface area (TPSA) is 12.0 Å². The van der Waals surface area contributed by atoms with Gasteiger partial charge >= 0.3 is 0 Å². The fraction of sp³-hybridized carbons (Fsp3) is 0.778. The molecule has 2 rings (SSSR count). The third kappa shape index (κ3) is 2.24. The summed E-state index contributed by atoms with van der Waals surface area (Å²) in [6.45, 7) is 5.15. The molecule has 0 fully saturated rings. The molecule has 0 spiro atoms. The second-order valence-electron chi connectivity index (χ2n) is 2.66. The summed E-state index contributed by atoms with van der Waals surface area (Å²) in [6, 6.07) is 0. The van der Waals surface area contributed by atoms with Crippen molar-refractivity contribution in [1.82, 2.24) is 4.72 Å². The second kappa shape index (κ2) is 4.83. The molecule has 64 valence electrons. The van der Waals surface area contributed by atoms with Crippen LogP contribution in [0.3, 0.4) is 0 Å². The molecule has 2 heteroatoms. The highest BCUT2D eigenvalue weighted by molar-refractivity contribution is 8.01. The Labute approximate surface area is 73.8 Å². The summed E-state index contributed by atoms with van der Waals surface area (Å²) in [6.07, 6.45) is 5.52. The Morgan fingerprint density at radius 2 is 1.91 bits per heavy atom. The van der Waals surface area contributed by atoms with Gasteiger partial charge in [-0.15, -0.1) is 0 Å². The first kappa shape index (κ1) is 9.14. The van der Waals surface area contributed by atoms with Crippen LogP contribution in [0.15, 0.2) is 10.5 Å². The molecule has 1 N–H and O–H groups in total. The molecule has 0 radical (unpaired) electrons. The normalized spacial score (nSPS) is 22.4. The van der Waals surface area contributed by atoms with Crippen molar-refractivity contribution in [2.45, 2.75) is 39.5 Å². The van der Waals surface area contributed by atoms with Crippen LogP contribution in [0.2, 0.25) is 0 Å². The number of allylic oxidation sites excluding steroid dienone is 1. The minimum Gasteiger partial charge on any atom is -0.256 e. The zero-order valence-electron chi connectivity index (χ0n) is 7.44. The Morgan fingerprint density at radius 3 is 2.64 bits per heavy atom. The standard InChI is InChI=1S/C7H11NS.C2H6/c1-2-4-7-6(3-1)5-8-9-7;1-2/h8H,1-5H2;1-2H3. The summed E-state index contributed by atoms with van der Waals surface area (Å²) in [5.74, 6) is 0. The number of rotatable bonds is 0. The zero-order valence-corrected chi connectivity index (χ0v) is 8.26. The monoisotopic (exact) mass is 171 g/mol.